The molecular weight excluding hydrogens is 234 g/mol. The average molecular weight is 253 g/mol. The van der Waals surface area contributed by atoms with E-state index in [1.165, 1.54) is 30.6 Å². The van der Waals surface area contributed by atoms with Crippen LogP contribution in [0.15, 0.2) is 54.6 Å². The Kier molecular flexibility index (Phi) is 3.80. The predicted molar refractivity (Wildman–Crippen MR) is 77.1 cm³/mol. The van der Waals surface area contributed by atoms with Crippen molar-refractivity contribution in [2.45, 2.75) is 19.6 Å². The average Bonchev–Trinajstić information content (AvgIpc) is 2.42. The Morgan fingerprint density at radius 1 is 0.895 bits per heavy atom. The lowest BCUT2D eigenvalue weighted by Crippen LogP contribution is -2.36. The van der Waals surface area contributed by atoms with Gasteiger partial charge in [-0.2, -0.15) is 0 Å². The van der Waals surface area contributed by atoms with E-state index in [1.807, 2.05) is 24.3 Å². The molecule has 0 amide bonds. The summed E-state index contributed by atoms with van der Waals surface area (Å²) >= 11 is 0. The molecule has 0 radical (unpaired) electrons. The van der Waals surface area contributed by atoms with E-state index in [1.54, 1.807) is 0 Å². The summed E-state index contributed by atoms with van der Waals surface area (Å²) < 4.78 is 5.85. The van der Waals surface area contributed by atoms with Crippen molar-refractivity contribution in [1.82, 2.24) is 4.90 Å². The van der Waals surface area contributed by atoms with Crippen molar-refractivity contribution in [3.8, 4) is 5.75 Å². The zero-order chi connectivity index (χ0) is 12.9. The molecule has 2 aromatic rings. The number of benzene rings is 2. The zero-order valence-electron chi connectivity index (χ0n) is 11.1. The highest BCUT2D eigenvalue weighted by Crippen LogP contribution is 2.18. The highest BCUT2D eigenvalue weighted by molar-refractivity contribution is 5.29. The third-order valence-electron chi connectivity index (χ3n) is 3.50. The Labute approximate surface area is 114 Å². The van der Waals surface area contributed by atoms with E-state index in [4.69, 9.17) is 4.74 Å². The lowest BCUT2D eigenvalue weighted by atomic mass is 10.1. The Morgan fingerprint density at radius 3 is 2.42 bits per heavy atom. The summed E-state index contributed by atoms with van der Waals surface area (Å²) in [4.78, 5) is 2.45. The second-order valence-corrected chi connectivity index (χ2v) is 5.05. The lowest BCUT2D eigenvalue weighted by molar-refractivity contribution is 0.172. The van der Waals surface area contributed by atoms with Crippen molar-refractivity contribution in [1.29, 1.82) is 0 Å². The monoisotopic (exact) mass is 253 g/mol. The van der Waals surface area contributed by atoms with Crippen molar-refractivity contribution >= 4 is 0 Å². The molecule has 1 heterocycles. The number of rotatable bonds is 5. The quantitative estimate of drug-likeness (QED) is 0.809. The summed E-state index contributed by atoms with van der Waals surface area (Å²) in [5.41, 5.74) is 2.54. The molecule has 1 fully saturated rings. The van der Waals surface area contributed by atoms with Crippen LogP contribution in [0, 0.1) is 0 Å². The van der Waals surface area contributed by atoms with Gasteiger partial charge in [0.25, 0.3) is 0 Å². The first-order valence-electron chi connectivity index (χ1n) is 6.88. The van der Waals surface area contributed by atoms with E-state index < -0.39 is 0 Å². The summed E-state index contributed by atoms with van der Waals surface area (Å²) in [5.74, 6) is 0.960. The fourth-order valence-electron chi connectivity index (χ4n) is 2.27. The van der Waals surface area contributed by atoms with Crippen molar-refractivity contribution in [2.24, 2.45) is 0 Å². The van der Waals surface area contributed by atoms with Gasteiger partial charge in [-0.15, -0.1) is 0 Å². The number of likely N-dealkylation sites (tertiary alicyclic amines) is 1. The van der Waals surface area contributed by atoms with Gasteiger partial charge in [0.2, 0.25) is 0 Å². The summed E-state index contributed by atoms with van der Waals surface area (Å²) in [5, 5.41) is 0. The largest absolute Gasteiger partial charge is 0.489 e. The van der Waals surface area contributed by atoms with Crippen LogP contribution in [0.4, 0.5) is 0 Å². The molecule has 1 aliphatic rings. The molecule has 2 aromatic carbocycles. The molecule has 19 heavy (non-hydrogen) atoms. The van der Waals surface area contributed by atoms with Crippen LogP contribution in [0.3, 0.4) is 0 Å². The van der Waals surface area contributed by atoms with Gasteiger partial charge in [-0.3, -0.25) is 4.90 Å². The lowest BCUT2D eigenvalue weighted by Gasteiger charge is -2.30. The highest BCUT2D eigenvalue weighted by Gasteiger charge is 2.13. The van der Waals surface area contributed by atoms with Gasteiger partial charge in [-0.25, -0.2) is 0 Å². The van der Waals surface area contributed by atoms with Crippen LogP contribution >= 0.6 is 0 Å². The first kappa shape index (κ1) is 12.2. The van der Waals surface area contributed by atoms with Crippen molar-refractivity contribution < 1.29 is 4.74 Å². The predicted octanol–water partition coefficient (Wildman–Crippen LogP) is 3.47. The normalized spacial score (nSPS) is 14.9. The topological polar surface area (TPSA) is 12.5 Å². The molecule has 0 aliphatic carbocycles. The summed E-state index contributed by atoms with van der Waals surface area (Å²) in [7, 11) is 0. The molecule has 0 aromatic heterocycles. The van der Waals surface area contributed by atoms with E-state index in [9.17, 15) is 0 Å². The minimum Gasteiger partial charge on any atom is -0.489 e. The molecule has 0 saturated carbocycles. The first-order valence-corrected chi connectivity index (χ1v) is 6.88. The van der Waals surface area contributed by atoms with E-state index in [0.29, 0.717) is 6.61 Å². The van der Waals surface area contributed by atoms with Crippen LogP contribution in [0.25, 0.3) is 0 Å². The fourth-order valence-corrected chi connectivity index (χ4v) is 2.27. The van der Waals surface area contributed by atoms with Crippen LogP contribution in [0.2, 0.25) is 0 Å². The maximum Gasteiger partial charge on any atom is 0.120 e. The Balaban J connectivity index is 1.59. The fraction of sp³-hybridized carbons (Fsp3) is 0.294. The number of hydrogen-bond acceptors (Lipinski definition) is 2. The van der Waals surface area contributed by atoms with Crippen molar-refractivity contribution in [3.63, 3.8) is 0 Å². The molecule has 2 nitrogen and oxygen atoms in total. The molecule has 98 valence electrons. The Morgan fingerprint density at radius 2 is 1.68 bits per heavy atom. The second-order valence-electron chi connectivity index (χ2n) is 5.05. The van der Waals surface area contributed by atoms with Gasteiger partial charge in [0.1, 0.15) is 12.4 Å². The van der Waals surface area contributed by atoms with Gasteiger partial charge in [-0.1, -0.05) is 42.5 Å². The number of nitrogens with zero attached hydrogens (tertiary/aromatic N) is 1. The first-order chi connectivity index (χ1) is 9.40. The molecule has 1 saturated heterocycles. The molecule has 0 atom stereocenters. The molecule has 0 bridgehead atoms. The summed E-state index contributed by atoms with van der Waals surface area (Å²) in [6.07, 6.45) is 1.34. The Bertz CT molecular complexity index is 520. The van der Waals surface area contributed by atoms with Crippen LogP contribution in [-0.2, 0) is 13.2 Å². The van der Waals surface area contributed by atoms with E-state index in [2.05, 4.69) is 35.2 Å². The summed E-state index contributed by atoms with van der Waals surface area (Å²) in [6, 6.07) is 18.7. The molecule has 0 spiro atoms. The van der Waals surface area contributed by atoms with Crippen molar-refractivity contribution in [2.75, 3.05) is 13.1 Å². The third kappa shape index (κ3) is 3.36. The Hall–Kier alpha value is -1.80. The minimum absolute atomic E-state index is 0.633. The molecule has 2 heteroatoms. The van der Waals surface area contributed by atoms with E-state index >= 15 is 0 Å². The van der Waals surface area contributed by atoms with Gasteiger partial charge in [-0.05, 0) is 42.8 Å². The second kappa shape index (κ2) is 5.89. The molecular formula is C17H19NO. The van der Waals surface area contributed by atoms with Crippen LogP contribution in [-0.4, -0.2) is 18.0 Å². The van der Waals surface area contributed by atoms with Gasteiger partial charge < -0.3 is 4.74 Å². The van der Waals surface area contributed by atoms with Crippen LogP contribution < -0.4 is 4.74 Å². The third-order valence-corrected chi connectivity index (χ3v) is 3.50. The molecule has 0 unspecified atom stereocenters. The molecule has 1 aliphatic heterocycles. The standard InChI is InChI=1S/C17H19NO/c1-2-6-15(7-3-1)14-19-17-9-4-8-16(12-17)13-18-10-5-11-18/h1-4,6-9,12H,5,10-11,13-14H2. The SMILES string of the molecule is c1ccc(COc2cccc(CN3CCC3)c2)cc1. The van der Waals surface area contributed by atoms with Crippen molar-refractivity contribution in [3.05, 3.63) is 65.7 Å². The van der Waals surface area contributed by atoms with Gasteiger partial charge in [0.15, 0.2) is 0 Å². The van der Waals surface area contributed by atoms with Crippen LogP contribution in [0.5, 0.6) is 5.75 Å². The van der Waals surface area contributed by atoms with Gasteiger partial charge in [0, 0.05) is 6.54 Å². The maximum atomic E-state index is 5.85. The summed E-state index contributed by atoms with van der Waals surface area (Å²) in [6.45, 7) is 4.14. The number of hydrogen-bond donors (Lipinski definition) is 0. The van der Waals surface area contributed by atoms with Gasteiger partial charge in [0.05, 0.1) is 0 Å². The minimum atomic E-state index is 0.633. The molecule has 0 N–H and O–H groups in total. The van der Waals surface area contributed by atoms with E-state index in [0.717, 1.165) is 12.3 Å². The van der Waals surface area contributed by atoms with E-state index in [-0.39, 0.29) is 0 Å². The highest BCUT2D eigenvalue weighted by atomic mass is 16.5. The van der Waals surface area contributed by atoms with Gasteiger partial charge >= 0.3 is 0 Å². The molecule has 3 rings (SSSR count). The van der Waals surface area contributed by atoms with Crippen LogP contribution in [0.1, 0.15) is 17.5 Å². The number of ether oxygens (including phenoxy) is 1. The zero-order valence-corrected chi connectivity index (χ0v) is 11.1. The maximum absolute atomic E-state index is 5.85. The smallest absolute Gasteiger partial charge is 0.120 e.